The minimum Gasteiger partial charge on any atom is -0.444 e. The quantitative estimate of drug-likeness (QED) is 0.470. The molecule has 1 aliphatic rings. The number of anilines is 1. The number of piperidine rings is 1. The van der Waals surface area contributed by atoms with Gasteiger partial charge >= 0.3 is 0 Å². The Kier molecular flexibility index (Phi) is 5.82. The second kappa shape index (κ2) is 8.70. The number of oxazole rings is 1. The van der Waals surface area contributed by atoms with Crippen LogP contribution in [-0.2, 0) is 6.54 Å². The lowest BCUT2D eigenvalue weighted by atomic mass is 9.97. The maximum absolute atomic E-state index is 11.0. The molecule has 0 radical (unpaired) electrons. The second-order valence-electron chi connectivity index (χ2n) is 7.98. The van der Waals surface area contributed by atoms with Crippen LogP contribution in [0, 0.1) is 41.2 Å². The van der Waals surface area contributed by atoms with Gasteiger partial charge in [-0.2, -0.15) is 5.26 Å². The van der Waals surface area contributed by atoms with E-state index in [-0.39, 0.29) is 5.69 Å². The summed E-state index contributed by atoms with van der Waals surface area (Å²) in [5, 5.41) is 24.3. The van der Waals surface area contributed by atoms with E-state index >= 15 is 0 Å². The predicted octanol–water partition coefficient (Wildman–Crippen LogP) is 3.94. The van der Waals surface area contributed by atoms with E-state index in [9.17, 15) is 15.4 Å². The lowest BCUT2D eigenvalue weighted by Crippen LogP contribution is -2.35. The van der Waals surface area contributed by atoms with Gasteiger partial charge in [0.15, 0.2) is 0 Å². The number of fused-ring (bicyclic) bond motifs is 1. The summed E-state index contributed by atoms with van der Waals surface area (Å²) in [6.07, 6.45) is 2.10. The van der Waals surface area contributed by atoms with Crippen LogP contribution in [0.1, 0.15) is 35.7 Å². The molecule has 3 heterocycles. The number of aryl methyl sites for hydroxylation is 2. The average Bonchev–Trinajstić information content (AvgIpc) is 3.08. The number of benzene rings is 1. The van der Waals surface area contributed by atoms with Crippen LogP contribution in [0.5, 0.6) is 0 Å². The average molecular weight is 420 g/mol. The molecule has 0 spiro atoms. The van der Waals surface area contributed by atoms with Crippen molar-refractivity contribution >= 4 is 22.4 Å². The Morgan fingerprint density at radius 1 is 1.29 bits per heavy atom. The van der Waals surface area contributed by atoms with E-state index in [4.69, 9.17) is 4.42 Å². The highest BCUT2D eigenvalue weighted by atomic mass is 16.6. The zero-order valence-electron chi connectivity index (χ0n) is 17.6. The molecule has 31 heavy (non-hydrogen) atoms. The molecule has 4 rings (SSSR count). The van der Waals surface area contributed by atoms with Crippen molar-refractivity contribution in [1.82, 2.24) is 14.9 Å². The molecule has 2 aromatic heterocycles. The number of aromatic nitrogens is 2. The van der Waals surface area contributed by atoms with Crippen molar-refractivity contribution in [2.45, 2.75) is 33.2 Å². The minimum atomic E-state index is -0.469. The zero-order valence-corrected chi connectivity index (χ0v) is 17.6. The minimum absolute atomic E-state index is 0.0478. The molecule has 1 fully saturated rings. The Hall–Kier alpha value is -3.51. The van der Waals surface area contributed by atoms with Gasteiger partial charge in [-0.3, -0.25) is 15.0 Å². The topological polar surface area (TPSA) is 121 Å². The first-order chi connectivity index (χ1) is 14.9. The number of nitrogens with one attached hydrogen (secondary N) is 1. The third-order valence-electron chi connectivity index (χ3n) is 5.83. The van der Waals surface area contributed by atoms with Crippen LogP contribution < -0.4 is 5.32 Å². The summed E-state index contributed by atoms with van der Waals surface area (Å²) < 4.78 is 5.69. The van der Waals surface area contributed by atoms with Crippen molar-refractivity contribution in [2.75, 3.05) is 25.0 Å². The number of pyridine rings is 1. The molecule has 1 saturated heterocycles. The van der Waals surface area contributed by atoms with Gasteiger partial charge in [-0.05, 0) is 57.8 Å². The van der Waals surface area contributed by atoms with E-state index in [0.29, 0.717) is 28.2 Å². The maximum Gasteiger partial charge on any atom is 0.270 e. The molecule has 9 heteroatoms. The van der Waals surface area contributed by atoms with E-state index in [0.717, 1.165) is 56.4 Å². The van der Waals surface area contributed by atoms with Crippen molar-refractivity contribution in [2.24, 2.45) is 5.92 Å². The Balaban J connectivity index is 1.36. The number of non-ortho nitro benzene ring substituents is 1. The number of nitro groups is 1. The number of nitriles is 1. The smallest absolute Gasteiger partial charge is 0.270 e. The molecule has 0 saturated carbocycles. The fourth-order valence-corrected chi connectivity index (χ4v) is 3.91. The van der Waals surface area contributed by atoms with Gasteiger partial charge in [-0.15, -0.1) is 0 Å². The first kappa shape index (κ1) is 20.8. The summed E-state index contributed by atoms with van der Waals surface area (Å²) in [7, 11) is 0. The van der Waals surface area contributed by atoms with E-state index in [2.05, 4.69) is 26.3 Å². The van der Waals surface area contributed by atoms with Gasteiger partial charge in [-0.1, -0.05) is 0 Å². The fourth-order valence-electron chi connectivity index (χ4n) is 3.91. The molecule has 0 atom stereocenters. The molecule has 1 N–H and O–H groups in total. The standard InChI is InChI=1S/C22H24N6O3/c1-14-15(2)31-22(25-14)13-27-7-5-16(6-8-27)12-24-21-9-17(11-23)19-10-18(28(29)30)3-4-20(19)26-21/h3-4,9-10,16H,5-8,12-13H2,1-2H3,(H,24,26). The van der Waals surface area contributed by atoms with Crippen LogP contribution in [0.2, 0.25) is 0 Å². The molecule has 0 amide bonds. The van der Waals surface area contributed by atoms with Crippen molar-refractivity contribution in [1.29, 1.82) is 5.26 Å². The van der Waals surface area contributed by atoms with Crippen LogP contribution >= 0.6 is 0 Å². The van der Waals surface area contributed by atoms with E-state index in [1.54, 1.807) is 12.1 Å². The molecule has 9 nitrogen and oxygen atoms in total. The van der Waals surface area contributed by atoms with Gasteiger partial charge in [0.05, 0.1) is 34.3 Å². The Morgan fingerprint density at radius 3 is 2.71 bits per heavy atom. The zero-order chi connectivity index (χ0) is 22.0. The largest absolute Gasteiger partial charge is 0.444 e. The lowest BCUT2D eigenvalue weighted by Gasteiger charge is -2.31. The van der Waals surface area contributed by atoms with Gasteiger partial charge in [0.1, 0.15) is 11.6 Å². The van der Waals surface area contributed by atoms with Gasteiger partial charge in [0.25, 0.3) is 5.69 Å². The van der Waals surface area contributed by atoms with Gasteiger partial charge in [0.2, 0.25) is 5.89 Å². The molecule has 0 unspecified atom stereocenters. The fraction of sp³-hybridized carbons (Fsp3) is 0.409. The number of hydrogen-bond acceptors (Lipinski definition) is 8. The van der Waals surface area contributed by atoms with Crippen LogP contribution in [0.15, 0.2) is 28.7 Å². The highest BCUT2D eigenvalue weighted by Gasteiger charge is 2.21. The maximum atomic E-state index is 11.0. The van der Waals surface area contributed by atoms with E-state index in [1.165, 1.54) is 12.1 Å². The summed E-state index contributed by atoms with van der Waals surface area (Å²) in [6, 6.07) is 8.18. The van der Waals surface area contributed by atoms with E-state index < -0.39 is 4.92 Å². The Morgan fingerprint density at radius 2 is 2.06 bits per heavy atom. The summed E-state index contributed by atoms with van der Waals surface area (Å²) in [6.45, 7) is 7.35. The molecule has 3 aromatic rings. The van der Waals surface area contributed by atoms with Crippen LogP contribution in [0.3, 0.4) is 0 Å². The highest BCUT2D eigenvalue weighted by Crippen LogP contribution is 2.26. The Labute approximate surface area is 179 Å². The van der Waals surface area contributed by atoms with Crippen molar-refractivity contribution < 1.29 is 9.34 Å². The molecule has 1 aromatic carbocycles. The molecule has 160 valence electrons. The Bertz CT molecular complexity index is 1140. The monoisotopic (exact) mass is 420 g/mol. The highest BCUT2D eigenvalue weighted by molar-refractivity contribution is 5.88. The predicted molar refractivity (Wildman–Crippen MR) is 116 cm³/mol. The first-order valence-corrected chi connectivity index (χ1v) is 10.3. The molecule has 0 aliphatic carbocycles. The summed E-state index contributed by atoms with van der Waals surface area (Å²) in [5.41, 5.74) is 1.85. The molecule has 1 aliphatic heterocycles. The number of hydrogen-bond donors (Lipinski definition) is 1. The number of nitro benzene ring substituents is 1. The van der Waals surface area contributed by atoms with Crippen molar-refractivity contribution in [3.05, 3.63) is 57.3 Å². The second-order valence-corrected chi connectivity index (χ2v) is 7.98. The SMILES string of the molecule is Cc1nc(CN2CCC(CNc3cc(C#N)c4cc([N+](=O)[O-])ccc4n3)CC2)oc1C. The third-order valence-corrected chi connectivity index (χ3v) is 5.83. The third kappa shape index (κ3) is 4.64. The van der Waals surface area contributed by atoms with Crippen LogP contribution in [0.4, 0.5) is 11.5 Å². The van der Waals surface area contributed by atoms with Gasteiger partial charge < -0.3 is 9.73 Å². The molecule has 0 bridgehead atoms. The summed E-state index contributed by atoms with van der Waals surface area (Å²) in [5.74, 6) is 2.77. The van der Waals surface area contributed by atoms with Crippen LogP contribution in [0.25, 0.3) is 10.9 Å². The molecular formula is C22H24N6O3. The number of nitrogens with zero attached hydrogens (tertiary/aromatic N) is 5. The van der Waals surface area contributed by atoms with Crippen molar-refractivity contribution in [3.63, 3.8) is 0 Å². The number of rotatable bonds is 6. The summed E-state index contributed by atoms with van der Waals surface area (Å²) in [4.78, 5) is 21.9. The normalized spacial score (nSPS) is 15.1. The lowest BCUT2D eigenvalue weighted by molar-refractivity contribution is -0.384. The summed E-state index contributed by atoms with van der Waals surface area (Å²) >= 11 is 0. The van der Waals surface area contributed by atoms with Gasteiger partial charge in [-0.25, -0.2) is 9.97 Å². The number of likely N-dealkylation sites (tertiary alicyclic amines) is 1. The van der Waals surface area contributed by atoms with Crippen LogP contribution in [-0.4, -0.2) is 39.4 Å². The van der Waals surface area contributed by atoms with Crippen molar-refractivity contribution in [3.8, 4) is 6.07 Å². The van der Waals surface area contributed by atoms with E-state index in [1.807, 2.05) is 13.8 Å². The molecular weight excluding hydrogens is 396 g/mol. The first-order valence-electron chi connectivity index (χ1n) is 10.3. The van der Waals surface area contributed by atoms with Gasteiger partial charge in [0, 0.05) is 24.1 Å².